The van der Waals surface area contributed by atoms with Gasteiger partial charge in [-0.3, -0.25) is 14.5 Å². The summed E-state index contributed by atoms with van der Waals surface area (Å²) in [5, 5.41) is 11.5. The summed E-state index contributed by atoms with van der Waals surface area (Å²) in [5.41, 5.74) is 3.59. The van der Waals surface area contributed by atoms with Crippen LogP contribution in [-0.2, 0) is 9.59 Å². The lowest BCUT2D eigenvalue weighted by Crippen LogP contribution is -2.29. The molecule has 0 bridgehead atoms. The van der Waals surface area contributed by atoms with Gasteiger partial charge in [0.15, 0.2) is 11.5 Å². The highest BCUT2D eigenvalue weighted by Crippen LogP contribution is 2.44. The Morgan fingerprint density at radius 3 is 2.39 bits per heavy atom. The molecule has 1 unspecified atom stereocenters. The van der Waals surface area contributed by atoms with E-state index in [2.05, 4.69) is 0 Å². The second-order valence-electron chi connectivity index (χ2n) is 9.16. The summed E-state index contributed by atoms with van der Waals surface area (Å²) >= 11 is 0. The van der Waals surface area contributed by atoms with E-state index in [1.165, 1.54) is 4.90 Å². The molecule has 0 saturated carbocycles. The number of rotatable bonds is 9. The Morgan fingerprint density at radius 2 is 1.71 bits per heavy atom. The first-order valence-corrected chi connectivity index (χ1v) is 12.7. The molecular weight excluding hydrogens is 482 g/mol. The average molecular weight is 516 g/mol. The van der Waals surface area contributed by atoms with Gasteiger partial charge in [0.1, 0.15) is 11.5 Å². The first kappa shape index (κ1) is 26.8. The predicted octanol–water partition coefficient (Wildman–Crippen LogP) is 6.13. The molecule has 1 saturated heterocycles. The number of ether oxygens (including phenoxy) is 3. The SMILES string of the molecule is CCCOc1cccc(/C(O)=C2\C(=O)C(=O)N(c3ccc(C)c(C)c3)C2c2ccc(OC)c(OCC)c2)c1. The van der Waals surface area contributed by atoms with Crippen molar-refractivity contribution in [2.24, 2.45) is 0 Å². The maximum atomic E-state index is 13.5. The van der Waals surface area contributed by atoms with Gasteiger partial charge < -0.3 is 19.3 Å². The maximum absolute atomic E-state index is 13.5. The van der Waals surface area contributed by atoms with Crippen LogP contribution in [-0.4, -0.2) is 37.1 Å². The molecule has 0 aromatic heterocycles. The van der Waals surface area contributed by atoms with Crippen LogP contribution in [0.5, 0.6) is 17.2 Å². The molecule has 1 aliphatic heterocycles. The Balaban J connectivity index is 1.93. The Hall–Kier alpha value is -4.26. The standard InChI is InChI=1S/C31H33NO6/c1-6-15-38-24-10-8-9-22(17-24)29(33)27-28(21-12-14-25(36-5)26(18-21)37-7-2)32(31(35)30(27)34)23-13-11-19(3)20(4)16-23/h8-14,16-18,28,33H,6-7,15H2,1-5H3/b29-27+. The summed E-state index contributed by atoms with van der Waals surface area (Å²) in [5.74, 6) is -0.173. The monoisotopic (exact) mass is 515 g/mol. The van der Waals surface area contributed by atoms with Crippen LogP contribution in [0.2, 0.25) is 0 Å². The molecule has 1 aliphatic rings. The molecule has 198 valence electrons. The third-order valence-electron chi connectivity index (χ3n) is 6.60. The first-order valence-electron chi connectivity index (χ1n) is 12.7. The lowest BCUT2D eigenvalue weighted by Gasteiger charge is -2.26. The van der Waals surface area contributed by atoms with E-state index in [0.29, 0.717) is 47.3 Å². The zero-order valence-electron chi connectivity index (χ0n) is 22.4. The molecule has 1 heterocycles. The van der Waals surface area contributed by atoms with E-state index in [0.717, 1.165) is 17.5 Å². The summed E-state index contributed by atoms with van der Waals surface area (Å²) in [6.45, 7) is 8.72. The van der Waals surface area contributed by atoms with Crippen LogP contribution in [0, 0.1) is 13.8 Å². The van der Waals surface area contributed by atoms with Crippen LogP contribution < -0.4 is 19.1 Å². The van der Waals surface area contributed by atoms with Crippen LogP contribution in [0.15, 0.2) is 66.2 Å². The zero-order valence-corrected chi connectivity index (χ0v) is 22.4. The van der Waals surface area contributed by atoms with Gasteiger partial charge in [-0.2, -0.15) is 0 Å². The minimum Gasteiger partial charge on any atom is -0.507 e. The van der Waals surface area contributed by atoms with Gasteiger partial charge >= 0.3 is 0 Å². The molecule has 0 aliphatic carbocycles. The second kappa shape index (κ2) is 11.4. The van der Waals surface area contributed by atoms with E-state index < -0.39 is 17.7 Å². The number of hydrogen-bond donors (Lipinski definition) is 1. The van der Waals surface area contributed by atoms with Gasteiger partial charge in [0.25, 0.3) is 11.7 Å². The third-order valence-corrected chi connectivity index (χ3v) is 6.60. The molecule has 7 heteroatoms. The van der Waals surface area contributed by atoms with Crippen molar-refractivity contribution in [2.75, 3.05) is 25.2 Å². The van der Waals surface area contributed by atoms with Crippen molar-refractivity contribution in [1.29, 1.82) is 0 Å². The van der Waals surface area contributed by atoms with E-state index in [9.17, 15) is 14.7 Å². The van der Waals surface area contributed by atoms with Crippen molar-refractivity contribution in [1.82, 2.24) is 0 Å². The quantitative estimate of drug-likeness (QED) is 0.210. The van der Waals surface area contributed by atoms with Gasteiger partial charge in [0.05, 0.1) is 31.9 Å². The highest BCUT2D eigenvalue weighted by Gasteiger charge is 2.47. The third kappa shape index (κ3) is 5.09. The van der Waals surface area contributed by atoms with Gasteiger partial charge in [0.2, 0.25) is 0 Å². The summed E-state index contributed by atoms with van der Waals surface area (Å²) in [6.07, 6.45) is 0.830. The van der Waals surface area contributed by atoms with Crippen molar-refractivity contribution in [3.63, 3.8) is 0 Å². The number of ketones is 1. The fourth-order valence-corrected chi connectivity index (χ4v) is 4.53. The number of aliphatic hydroxyl groups is 1. The van der Waals surface area contributed by atoms with E-state index in [4.69, 9.17) is 14.2 Å². The number of hydrogen-bond acceptors (Lipinski definition) is 6. The number of carbonyl (C=O) groups excluding carboxylic acids is 2. The number of Topliss-reactive ketones (excluding diaryl/α,β-unsaturated/α-hetero) is 1. The molecule has 7 nitrogen and oxygen atoms in total. The minimum absolute atomic E-state index is 0.00603. The Kier molecular flexibility index (Phi) is 8.05. The molecule has 0 spiro atoms. The predicted molar refractivity (Wildman–Crippen MR) is 147 cm³/mol. The van der Waals surface area contributed by atoms with Gasteiger partial charge in [-0.25, -0.2) is 0 Å². The van der Waals surface area contributed by atoms with Crippen molar-refractivity contribution in [2.45, 2.75) is 40.2 Å². The number of nitrogens with zero attached hydrogens (tertiary/aromatic N) is 1. The lowest BCUT2D eigenvalue weighted by molar-refractivity contribution is -0.132. The molecule has 1 atom stereocenters. The Bertz CT molecular complexity index is 1390. The number of aliphatic hydroxyl groups excluding tert-OH is 1. The lowest BCUT2D eigenvalue weighted by atomic mass is 9.94. The van der Waals surface area contributed by atoms with Crippen molar-refractivity contribution in [3.8, 4) is 17.2 Å². The molecular formula is C31H33NO6. The molecule has 3 aromatic carbocycles. The zero-order chi connectivity index (χ0) is 27.4. The van der Waals surface area contributed by atoms with Gasteiger partial charge in [0, 0.05) is 11.3 Å². The maximum Gasteiger partial charge on any atom is 0.300 e. The highest BCUT2D eigenvalue weighted by atomic mass is 16.5. The van der Waals surface area contributed by atoms with Gasteiger partial charge in [-0.1, -0.05) is 31.2 Å². The smallest absolute Gasteiger partial charge is 0.300 e. The second-order valence-corrected chi connectivity index (χ2v) is 9.16. The summed E-state index contributed by atoms with van der Waals surface area (Å²) < 4.78 is 16.9. The molecule has 1 fully saturated rings. The van der Waals surface area contributed by atoms with Crippen LogP contribution >= 0.6 is 0 Å². The van der Waals surface area contributed by atoms with E-state index in [1.807, 2.05) is 45.9 Å². The fourth-order valence-electron chi connectivity index (χ4n) is 4.53. The fraction of sp³-hybridized carbons (Fsp3) is 0.290. The molecule has 4 rings (SSSR count). The topological polar surface area (TPSA) is 85.3 Å². The number of benzene rings is 3. The number of anilines is 1. The Morgan fingerprint density at radius 1 is 0.921 bits per heavy atom. The van der Waals surface area contributed by atoms with Crippen molar-refractivity contribution >= 4 is 23.1 Å². The van der Waals surface area contributed by atoms with Crippen LogP contribution in [0.1, 0.15) is 48.6 Å². The number of aryl methyl sites for hydroxylation is 2. The van der Waals surface area contributed by atoms with E-state index in [-0.39, 0.29) is 11.3 Å². The van der Waals surface area contributed by atoms with Crippen molar-refractivity contribution in [3.05, 3.63) is 88.5 Å². The van der Waals surface area contributed by atoms with Crippen LogP contribution in [0.3, 0.4) is 0 Å². The van der Waals surface area contributed by atoms with Gasteiger partial charge in [-0.05, 0) is 80.3 Å². The van der Waals surface area contributed by atoms with Crippen LogP contribution in [0.25, 0.3) is 5.76 Å². The molecule has 0 radical (unpaired) electrons. The molecule has 38 heavy (non-hydrogen) atoms. The number of amides is 1. The molecule has 1 N–H and O–H groups in total. The Labute approximate surface area is 223 Å². The van der Waals surface area contributed by atoms with Crippen molar-refractivity contribution < 1.29 is 28.9 Å². The van der Waals surface area contributed by atoms with Gasteiger partial charge in [-0.15, -0.1) is 0 Å². The normalized spacial score (nSPS) is 16.6. The minimum atomic E-state index is -0.887. The molecule has 3 aromatic rings. The average Bonchev–Trinajstić information content (AvgIpc) is 3.19. The highest BCUT2D eigenvalue weighted by molar-refractivity contribution is 6.51. The van der Waals surface area contributed by atoms with Crippen LogP contribution in [0.4, 0.5) is 5.69 Å². The number of methoxy groups -OCH3 is 1. The van der Waals surface area contributed by atoms with E-state index >= 15 is 0 Å². The summed E-state index contributed by atoms with van der Waals surface area (Å²) in [6, 6.07) is 16.9. The largest absolute Gasteiger partial charge is 0.507 e. The number of carbonyl (C=O) groups is 2. The summed E-state index contributed by atoms with van der Waals surface area (Å²) in [7, 11) is 1.55. The first-order chi connectivity index (χ1) is 18.3. The van der Waals surface area contributed by atoms with E-state index in [1.54, 1.807) is 49.6 Å². The summed E-state index contributed by atoms with van der Waals surface area (Å²) in [4.78, 5) is 28.5. The molecule has 1 amide bonds.